The van der Waals surface area contributed by atoms with E-state index in [0.717, 1.165) is 30.7 Å². The maximum atomic E-state index is 12.7. The Morgan fingerprint density at radius 2 is 2.28 bits per heavy atom. The number of carbonyl (C=O) groups excluding carboxylic acids is 1. The normalized spacial score (nSPS) is 20.8. The Bertz CT molecular complexity index is 726. The maximum Gasteiger partial charge on any atom is 0.289 e. The highest BCUT2D eigenvalue weighted by molar-refractivity contribution is 5.91. The Kier molecular flexibility index (Phi) is 5.23. The van der Waals surface area contributed by atoms with E-state index in [0.29, 0.717) is 24.3 Å². The van der Waals surface area contributed by atoms with Gasteiger partial charge in [0.25, 0.3) is 5.91 Å². The third-order valence-electron chi connectivity index (χ3n) is 5.21. The highest BCUT2D eigenvalue weighted by Gasteiger charge is 2.34. The quantitative estimate of drug-likeness (QED) is 0.837. The van der Waals surface area contributed by atoms with Crippen molar-refractivity contribution in [1.29, 1.82) is 0 Å². The minimum Gasteiger partial charge on any atom is -0.456 e. The summed E-state index contributed by atoms with van der Waals surface area (Å²) in [5.74, 6) is 1.69. The molecule has 2 atom stereocenters. The topological polar surface area (TPSA) is 49.6 Å². The molecule has 0 radical (unpaired) electrons. The molecule has 1 fully saturated rings. The number of furan rings is 1. The lowest BCUT2D eigenvalue weighted by molar-refractivity contribution is 0.0727. The van der Waals surface area contributed by atoms with Crippen molar-refractivity contribution in [2.24, 2.45) is 5.92 Å². The fraction of sp³-hybridized carbons (Fsp3) is 0.500. The largest absolute Gasteiger partial charge is 0.456 e. The summed E-state index contributed by atoms with van der Waals surface area (Å²) in [7, 11) is 4.01. The van der Waals surface area contributed by atoms with E-state index >= 15 is 0 Å². The molecule has 2 aromatic heterocycles. The van der Waals surface area contributed by atoms with E-state index in [2.05, 4.69) is 23.0 Å². The molecule has 0 saturated carbocycles. The Hall–Kier alpha value is -2.14. The number of rotatable bonds is 5. The zero-order chi connectivity index (χ0) is 18.0. The summed E-state index contributed by atoms with van der Waals surface area (Å²) in [5, 5.41) is 0. The van der Waals surface area contributed by atoms with Gasteiger partial charge in [-0.1, -0.05) is 13.0 Å². The molecule has 0 aliphatic carbocycles. The molecule has 5 heteroatoms. The van der Waals surface area contributed by atoms with Crippen LogP contribution in [0.1, 0.15) is 46.8 Å². The van der Waals surface area contributed by atoms with Gasteiger partial charge in [-0.05, 0) is 56.1 Å². The molecule has 1 amide bonds. The van der Waals surface area contributed by atoms with Crippen LogP contribution in [0.2, 0.25) is 0 Å². The lowest BCUT2D eigenvalue weighted by atomic mass is 9.94. The summed E-state index contributed by atoms with van der Waals surface area (Å²) >= 11 is 0. The molecule has 5 nitrogen and oxygen atoms in total. The molecule has 3 rings (SSSR count). The predicted molar refractivity (Wildman–Crippen MR) is 97.5 cm³/mol. The Balaban J connectivity index is 1.72. The van der Waals surface area contributed by atoms with E-state index in [9.17, 15) is 4.79 Å². The number of hydrogen-bond acceptors (Lipinski definition) is 4. The summed E-state index contributed by atoms with van der Waals surface area (Å²) in [5.41, 5.74) is 2.27. The predicted octanol–water partition coefficient (Wildman–Crippen LogP) is 3.31. The van der Waals surface area contributed by atoms with Crippen LogP contribution in [-0.2, 0) is 6.42 Å². The number of likely N-dealkylation sites (tertiary alicyclic amines) is 1. The van der Waals surface area contributed by atoms with Crippen LogP contribution < -0.4 is 0 Å². The van der Waals surface area contributed by atoms with Gasteiger partial charge < -0.3 is 9.32 Å². The first-order chi connectivity index (χ1) is 12.0. The highest BCUT2D eigenvalue weighted by atomic mass is 16.4. The van der Waals surface area contributed by atoms with Crippen LogP contribution in [0.4, 0.5) is 0 Å². The SMILES string of the molecule is CCc1oc(C(=O)N(C)C[C@@H]2CCN(C)[C@H]2c2cccnc2)cc1C. The minimum absolute atomic E-state index is 0.0395. The molecule has 0 N–H and O–H groups in total. The molecular weight excluding hydrogens is 314 g/mol. The first-order valence-electron chi connectivity index (χ1n) is 8.96. The molecule has 0 unspecified atom stereocenters. The van der Waals surface area contributed by atoms with Crippen LogP contribution in [0.15, 0.2) is 35.0 Å². The Morgan fingerprint density at radius 1 is 1.48 bits per heavy atom. The number of nitrogens with zero attached hydrogens (tertiary/aromatic N) is 3. The van der Waals surface area contributed by atoms with Gasteiger partial charge in [0.2, 0.25) is 0 Å². The number of carbonyl (C=O) groups is 1. The summed E-state index contributed by atoms with van der Waals surface area (Å²) in [6.45, 7) is 5.77. The second-order valence-electron chi connectivity index (χ2n) is 7.02. The van der Waals surface area contributed by atoms with Crippen LogP contribution in [0.3, 0.4) is 0 Å². The fourth-order valence-corrected chi connectivity index (χ4v) is 3.89. The van der Waals surface area contributed by atoms with Gasteiger partial charge in [-0.2, -0.15) is 0 Å². The standard InChI is InChI=1S/C20H27N3O2/c1-5-17-14(2)11-18(25-17)20(24)23(4)13-16-8-10-22(3)19(16)15-7-6-9-21-12-15/h6-7,9,11-12,16,19H,5,8,10,13H2,1-4H3/t16-,19-/m0/s1. The lowest BCUT2D eigenvalue weighted by Crippen LogP contribution is -2.34. The van der Waals surface area contributed by atoms with Gasteiger partial charge in [-0.3, -0.25) is 14.7 Å². The third-order valence-corrected chi connectivity index (χ3v) is 5.21. The lowest BCUT2D eigenvalue weighted by Gasteiger charge is -2.28. The number of amides is 1. The van der Waals surface area contributed by atoms with Crippen LogP contribution >= 0.6 is 0 Å². The van der Waals surface area contributed by atoms with Crippen LogP contribution in [-0.4, -0.2) is 47.9 Å². The fourth-order valence-electron chi connectivity index (χ4n) is 3.89. The van der Waals surface area contributed by atoms with Gasteiger partial charge in [0.1, 0.15) is 5.76 Å². The summed E-state index contributed by atoms with van der Waals surface area (Å²) in [6.07, 6.45) is 5.61. The van der Waals surface area contributed by atoms with Gasteiger partial charge >= 0.3 is 0 Å². The molecule has 1 aliphatic rings. The van der Waals surface area contributed by atoms with Gasteiger partial charge in [0.05, 0.1) is 0 Å². The summed E-state index contributed by atoms with van der Waals surface area (Å²) < 4.78 is 5.73. The smallest absolute Gasteiger partial charge is 0.289 e. The molecular formula is C20H27N3O2. The van der Waals surface area contributed by atoms with E-state index in [1.807, 2.05) is 39.2 Å². The molecule has 1 aliphatic heterocycles. The molecule has 0 spiro atoms. The third kappa shape index (κ3) is 3.61. The molecule has 0 aromatic carbocycles. The zero-order valence-electron chi connectivity index (χ0n) is 15.5. The summed E-state index contributed by atoms with van der Waals surface area (Å²) in [6, 6.07) is 6.26. The van der Waals surface area contributed by atoms with Crippen molar-refractivity contribution in [1.82, 2.24) is 14.8 Å². The molecule has 2 aromatic rings. The Morgan fingerprint density at radius 3 is 2.92 bits per heavy atom. The van der Waals surface area contributed by atoms with E-state index in [1.54, 1.807) is 11.1 Å². The van der Waals surface area contributed by atoms with E-state index in [-0.39, 0.29) is 5.91 Å². The molecule has 1 saturated heterocycles. The number of hydrogen-bond donors (Lipinski definition) is 0. The van der Waals surface area contributed by atoms with Crippen molar-refractivity contribution in [3.8, 4) is 0 Å². The number of aromatic nitrogens is 1. The second-order valence-corrected chi connectivity index (χ2v) is 7.02. The second kappa shape index (κ2) is 7.40. The first kappa shape index (κ1) is 17.7. The van der Waals surface area contributed by atoms with Crippen molar-refractivity contribution in [2.45, 2.75) is 32.7 Å². The van der Waals surface area contributed by atoms with Crippen molar-refractivity contribution >= 4 is 5.91 Å². The van der Waals surface area contributed by atoms with Gasteiger partial charge in [-0.25, -0.2) is 0 Å². The average Bonchev–Trinajstić information content (AvgIpc) is 3.17. The van der Waals surface area contributed by atoms with Crippen LogP contribution in [0.25, 0.3) is 0 Å². The maximum absolute atomic E-state index is 12.7. The molecule has 3 heterocycles. The van der Waals surface area contributed by atoms with Crippen molar-refractivity contribution in [2.75, 3.05) is 27.2 Å². The van der Waals surface area contributed by atoms with Crippen molar-refractivity contribution in [3.63, 3.8) is 0 Å². The van der Waals surface area contributed by atoms with Crippen LogP contribution in [0, 0.1) is 12.8 Å². The Labute approximate surface area is 149 Å². The number of aryl methyl sites for hydroxylation is 2. The van der Waals surface area contributed by atoms with Gasteiger partial charge in [0.15, 0.2) is 5.76 Å². The monoisotopic (exact) mass is 341 g/mol. The molecule has 134 valence electrons. The highest BCUT2D eigenvalue weighted by Crippen LogP contribution is 2.36. The number of pyridine rings is 1. The van der Waals surface area contributed by atoms with Crippen LogP contribution in [0.5, 0.6) is 0 Å². The zero-order valence-corrected chi connectivity index (χ0v) is 15.5. The van der Waals surface area contributed by atoms with E-state index in [1.165, 1.54) is 5.56 Å². The van der Waals surface area contributed by atoms with E-state index in [4.69, 9.17) is 4.42 Å². The minimum atomic E-state index is -0.0395. The van der Waals surface area contributed by atoms with Gasteiger partial charge in [0, 0.05) is 38.4 Å². The average molecular weight is 341 g/mol. The molecule has 0 bridgehead atoms. The van der Waals surface area contributed by atoms with Crippen molar-refractivity contribution in [3.05, 3.63) is 53.2 Å². The van der Waals surface area contributed by atoms with E-state index < -0.39 is 0 Å². The first-order valence-corrected chi connectivity index (χ1v) is 8.96. The summed E-state index contributed by atoms with van der Waals surface area (Å²) in [4.78, 5) is 21.2. The van der Waals surface area contributed by atoms with Crippen molar-refractivity contribution < 1.29 is 9.21 Å². The molecule has 25 heavy (non-hydrogen) atoms. The van der Waals surface area contributed by atoms with Gasteiger partial charge in [-0.15, -0.1) is 0 Å².